The molecule has 6 heteroatoms. The minimum Gasteiger partial charge on any atom is -0.396 e. The van der Waals surface area contributed by atoms with Crippen molar-refractivity contribution in [1.29, 1.82) is 0 Å². The number of nitrogens with one attached hydrogen (secondary N) is 1. The van der Waals surface area contributed by atoms with E-state index in [-0.39, 0.29) is 18.4 Å². The molecule has 0 bridgehead atoms. The Labute approximate surface area is 98.7 Å². The van der Waals surface area contributed by atoms with Crippen molar-refractivity contribution in [3.63, 3.8) is 0 Å². The number of rotatable bonds is 5. The molecule has 4 N–H and O–H groups in total. The van der Waals surface area contributed by atoms with Crippen LogP contribution in [0.5, 0.6) is 0 Å². The molecule has 1 heterocycles. The predicted octanol–water partition coefficient (Wildman–Crippen LogP) is 0.782. The molecule has 5 nitrogen and oxygen atoms in total. The van der Waals surface area contributed by atoms with Crippen LogP contribution in [0.1, 0.15) is 28.7 Å². The summed E-state index contributed by atoms with van der Waals surface area (Å²) >= 11 is 1.19. The number of nitrogens with two attached hydrogens (primary N) is 1. The summed E-state index contributed by atoms with van der Waals surface area (Å²) < 4.78 is 0. The standard InChI is InChI=1S/C10H17N3O2S/c1-6(3-4-14)5-12-9(15)8-7(2)13-10(11)16-8/h6,14H,3-5H2,1-2H3,(H2,11,13)(H,12,15). The second-order valence-corrected chi connectivity index (χ2v) is 4.82. The first-order chi connectivity index (χ1) is 7.54. The number of hydrogen-bond donors (Lipinski definition) is 3. The van der Waals surface area contributed by atoms with Crippen LogP contribution in [-0.2, 0) is 0 Å². The van der Waals surface area contributed by atoms with Gasteiger partial charge in [-0.25, -0.2) is 4.98 Å². The highest BCUT2D eigenvalue weighted by Crippen LogP contribution is 2.19. The Morgan fingerprint density at radius 1 is 1.69 bits per heavy atom. The zero-order chi connectivity index (χ0) is 12.1. The number of aliphatic hydroxyl groups excluding tert-OH is 1. The molecule has 1 aromatic heterocycles. The third kappa shape index (κ3) is 3.46. The van der Waals surface area contributed by atoms with E-state index in [0.717, 1.165) is 0 Å². The molecule has 0 aliphatic rings. The first-order valence-electron chi connectivity index (χ1n) is 5.16. The first-order valence-corrected chi connectivity index (χ1v) is 5.98. The Hall–Kier alpha value is -1.14. The Balaban J connectivity index is 2.50. The van der Waals surface area contributed by atoms with Crippen LogP contribution in [0.15, 0.2) is 0 Å². The molecule has 0 aliphatic carbocycles. The number of aromatic nitrogens is 1. The quantitative estimate of drug-likeness (QED) is 0.713. The van der Waals surface area contributed by atoms with Gasteiger partial charge in [0.2, 0.25) is 0 Å². The van der Waals surface area contributed by atoms with E-state index < -0.39 is 0 Å². The smallest absolute Gasteiger partial charge is 0.263 e. The van der Waals surface area contributed by atoms with E-state index in [0.29, 0.717) is 28.7 Å². The van der Waals surface area contributed by atoms with Crippen LogP contribution >= 0.6 is 11.3 Å². The minimum atomic E-state index is -0.142. The molecule has 90 valence electrons. The molecule has 16 heavy (non-hydrogen) atoms. The molecule has 0 saturated carbocycles. The number of hydrogen-bond acceptors (Lipinski definition) is 5. The van der Waals surface area contributed by atoms with E-state index in [1.54, 1.807) is 6.92 Å². The number of carbonyl (C=O) groups is 1. The highest BCUT2D eigenvalue weighted by Gasteiger charge is 2.14. The first kappa shape index (κ1) is 12.9. The molecule has 1 rings (SSSR count). The summed E-state index contributed by atoms with van der Waals surface area (Å²) in [4.78, 5) is 16.3. The molecule has 1 atom stereocenters. The molecule has 0 aromatic carbocycles. The predicted molar refractivity (Wildman–Crippen MR) is 64.5 cm³/mol. The molecule has 0 fully saturated rings. The van der Waals surface area contributed by atoms with Crippen LogP contribution in [0, 0.1) is 12.8 Å². The normalized spacial score (nSPS) is 12.4. The largest absolute Gasteiger partial charge is 0.396 e. The fourth-order valence-corrected chi connectivity index (χ4v) is 2.05. The van der Waals surface area contributed by atoms with E-state index in [9.17, 15) is 4.79 Å². The topological polar surface area (TPSA) is 88.2 Å². The van der Waals surface area contributed by atoms with Crippen molar-refractivity contribution in [2.75, 3.05) is 18.9 Å². The van der Waals surface area contributed by atoms with Gasteiger partial charge >= 0.3 is 0 Å². The Morgan fingerprint density at radius 3 is 2.88 bits per heavy atom. The fraction of sp³-hybridized carbons (Fsp3) is 0.600. The van der Waals surface area contributed by atoms with Gasteiger partial charge in [0, 0.05) is 13.2 Å². The molecule has 0 aliphatic heterocycles. The van der Waals surface area contributed by atoms with Gasteiger partial charge in [0.25, 0.3) is 5.91 Å². The van der Waals surface area contributed by atoms with E-state index in [1.165, 1.54) is 11.3 Å². The number of carbonyl (C=O) groups excluding carboxylic acids is 1. The number of aliphatic hydroxyl groups is 1. The van der Waals surface area contributed by atoms with Crippen molar-refractivity contribution in [3.8, 4) is 0 Å². The maximum absolute atomic E-state index is 11.7. The van der Waals surface area contributed by atoms with Crippen LogP contribution < -0.4 is 11.1 Å². The number of nitrogens with zero attached hydrogens (tertiary/aromatic N) is 1. The molecule has 0 spiro atoms. The molecule has 1 aromatic rings. The number of nitrogen functional groups attached to an aromatic ring is 1. The van der Waals surface area contributed by atoms with Crippen molar-refractivity contribution < 1.29 is 9.90 Å². The van der Waals surface area contributed by atoms with Crippen LogP contribution in [0.2, 0.25) is 0 Å². The highest BCUT2D eigenvalue weighted by atomic mass is 32.1. The number of anilines is 1. The van der Waals surface area contributed by atoms with E-state index in [1.807, 2.05) is 6.92 Å². The maximum Gasteiger partial charge on any atom is 0.263 e. The number of amides is 1. The SMILES string of the molecule is Cc1nc(N)sc1C(=O)NCC(C)CCO. The van der Waals surface area contributed by atoms with Crippen LogP contribution in [-0.4, -0.2) is 29.1 Å². The second-order valence-electron chi connectivity index (χ2n) is 3.79. The molecular formula is C10H17N3O2S. The molecule has 1 amide bonds. The Morgan fingerprint density at radius 2 is 2.38 bits per heavy atom. The summed E-state index contributed by atoms with van der Waals surface area (Å²) in [5.74, 6) is 0.121. The van der Waals surface area contributed by atoms with Gasteiger partial charge in [-0.2, -0.15) is 0 Å². The van der Waals surface area contributed by atoms with Gasteiger partial charge in [0.1, 0.15) is 4.88 Å². The van der Waals surface area contributed by atoms with Gasteiger partial charge in [-0.15, -0.1) is 0 Å². The lowest BCUT2D eigenvalue weighted by atomic mass is 10.1. The summed E-state index contributed by atoms with van der Waals surface area (Å²) in [6, 6.07) is 0. The van der Waals surface area contributed by atoms with Gasteiger partial charge in [0.15, 0.2) is 5.13 Å². The molecule has 0 saturated heterocycles. The van der Waals surface area contributed by atoms with Gasteiger partial charge in [-0.3, -0.25) is 4.79 Å². The summed E-state index contributed by atoms with van der Waals surface area (Å²) in [5, 5.41) is 11.9. The Kier molecular flexibility index (Phi) is 4.70. The lowest BCUT2D eigenvalue weighted by Crippen LogP contribution is -2.28. The van der Waals surface area contributed by atoms with E-state index in [2.05, 4.69) is 10.3 Å². The summed E-state index contributed by atoms with van der Waals surface area (Å²) in [5.41, 5.74) is 6.18. The van der Waals surface area contributed by atoms with Crippen LogP contribution in [0.25, 0.3) is 0 Å². The average Bonchev–Trinajstić information content (AvgIpc) is 2.55. The Bertz CT molecular complexity index is 365. The minimum absolute atomic E-state index is 0.142. The van der Waals surface area contributed by atoms with E-state index >= 15 is 0 Å². The summed E-state index contributed by atoms with van der Waals surface area (Å²) in [6.07, 6.45) is 0.685. The van der Waals surface area contributed by atoms with Crippen molar-refractivity contribution in [3.05, 3.63) is 10.6 Å². The zero-order valence-electron chi connectivity index (χ0n) is 9.49. The molecular weight excluding hydrogens is 226 g/mol. The van der Waals surface area contributed by atoms with Crippen molar-refractivity contribution in [1.82, 2.24) is 10.3 Å². The number of thiazole rings is 1. The van der Waals surface area contributed by atoms with Gasteiger partial charge in [0.05, 0.1) is 5.69 Å². The van der Waals surface area contributed by atoms with Crippen molar-refractivity contribution >= 4 is 22.4 Å². The second kappa shape index (κ2) is 5.81. The lowest BCUT2D eigenvalue weighted by molar-refractivity contribution is 0.0948. The van der Waals surface area contributed by atoms with Gasteiger partial charge in [-0.05, 0) is 19.3 Å². The highest BCUT2D eigenvalue weighted by molar-refractivity contribution is 7.17. The van der Waals surface area contributed by atoms with Crippen LogP contribution in [0.3, 0.4) is 0 Å². The number of aryl methyl sites for hydroxylation is 1. The molecule has 1 unspecified atom stereocenters. The third-order valence-electron chi connectivity index (χ3n) is 2.25. The van der Waals surface area contributed by atoms with Crippen molar-refractivity contribution in [2.24, 2.45) is 5.92 Å². The monoisotopic (exact) mass is 243 g/mol. The fourth-order valence-electron chi connectivity index (χ4n) is 1.30. The van der Waals surface area contributed by atoms with Crippen LogP contribution in [0.4, 0.5) is 5.13 Å². The molecule has 0 radical (unpaired) electrons. The maximum atomic E-state index is 11.7. The summed E-state index contributed by atoms with van der Waals surface area (Å²) in [6.45, 7) is 4.43. The third-order valence-corrected chi connectivity index (χ3v) is 3.24. The van der Waals surface area contributed by atoms with E-state index in [4.69, 9.17) is 10.8 Å². The average molecular weight is 243 g/mol. The zero-order valence-corrected chi connectivity index (χ0v) is 10.3. The summed E-state index contributed by atoms with van der Waals surface area (Å²) in [7, 11) is 0. The van der Waals surface area contributed by atoms with Crippen molar-refractivity contribution in [2.45, 2.75) is 20.3 Å². The van der Waals surface area contributed by atoms with Gasteiger partial charge in [-0.1, -0.05) is 18.3 Å². The lowest BCUT2D eigenvalue weighted by Gasteiger charge is -2.10. The van der Waals surface area contributed by atoms with Gasteiger partial charge < -0.3 is 16.2 Å².